The summed E-state index contributed by atoms with van der Waals surface area (Å²) in [5, 5.41) is 15.2. The van der Waals surface area contributed by atoms with Gasteiger partial charge in [-0.3, -0.25) is 0 Å². The van der Waals surface area contributed by atoms with E-state index in [1.54, 1.807) is 6.07 Å². The molecule has 0 fully saturated rings. The Kier molecular flexibility index (Phi) is 8.22. The van der Waals surface area contributed by atoms with Gasteiger partial charge in [0.2, 0.25) is 5.69 Å². The molecule has 0 unspecified atom stereocenters. The zero-order chi connectivity index (χ0) is 40.2. The van der Waals surface area contributed by atoms with Crippen LogP contribution in [0.4, 0.5) is 5.69 Å². The molecule has 0 N–H and O–H groups in total. The highest BCUT2D eigenvalue weighted by molar-refractivity contribution is 6.13. The molecule has 2 aromatic heterocycles. The van der Waals surface area contributed by atoms with Crippen LogP contribution in [0.5, 0.6) is 0 Å². The molecule has 60 heavy (non-hydrogen) atoms. The Hall–Kier alpha value is -8.44. The predicted octanol–water partition coefficient (Wildman–Crippen LogP) is 15.0. The van der Waals surface area contributed by atoms with E-state index in [2.05, 4.69) is 196 Å². The van der Waals surface area contributed by atoms with Crippen LogP contribution in [0.25, 0.3) is 104 Å². The largest absolute Gasteiger partial charge is 0.319 e. The molecule has 0 spiro atoms. The minimum atomic E-state index is 0.409. The zero-order valence-electron chi connectivity index (χ0n) is 32.4. The normalized spacial score (nSPS) is 11.3. The summed E-state index contributed by atoms with van der Waals surface area (Å²) in [6.07, 6.45) is 0. The van der Waals surface area contributed by atoms with Crippen molar-refractivity contribution in [2.45, 2.75) is 0 Å². The second-order valence-electron chi connectivity index (χ2n) is 15.1. The summed E-state index contributed by atoms with van der Waals surface area (Å²) in [5.41, 5.74) is 15.2. The van der Waals surface area contributed by atoms with Gasteiger partial charge in [0.15, 0.2) is 0 Å². The van der Waals surface area contributed by atoms with Crippen molar-refractivity contribution in [1.82, 2.24) is 9.13 Å². The predicted molar refractivity (Wildman–Crippen MR) is 248 cm³/mol. The molecular weight excluding hydrogens is 729 g/mol. The number of hydrogen-bond donors (Lipinski definition) is 0. The van der Waals surface area contributed by atoms with Gasteiger partial charge in [0.05, 0.1) is 51.6 Å². The van der Waals surface area contributed by atoms with Crippen LogP contribution in [0.3, 0.4) is 0 Å². The number of rotatable bonds is 6. The number of fused-ring (bicyclic) bond motifs is 6. The molecule has 0 amide bonds. The molecular formula is C56H34N4. The van der Waals surface area contributed by atoms with E-state index in [4.69, 9.17) is 6.57 Å². The van der Waals surface area contributed by atoms with Gasteiger partial charge in [-0.2, -0.15) is 5.26 Å². The monoisotopic (exact) mass is 762 g/mol. The fraction of sp³-hybridized carbons (Fsp3) is 0. The van der Waals surface area contributed by atoms with E-state index >= 15 is 0 Å². The maximum atomic E-state index is 10.8. The molecule has 0 aliphatic carbocycles. The van der Waals surface area contributed by atoms with E-state index in [9.17, 15) is 5.26 Å². The summed E-state index contributed by atoms with van der Waals surface area (Å²) in [6.45, 7) is 8.48. The second-order valence-corrected chi connectivity index (χ2v) is 15.1. The van der Waals surface area contributed by atoms with Gasteiger partial charge in [-0.05, 0) is 105 Å². The number of hydrogen-bond acceptors (Lipinski definition) is 1. The summed E-state index contributed by atoms with van der Waals surface area (Å²) < 4.78 is 4.42. The van der Waals surface area contributed by atoms with Crippen LogP contribution in [0.1, 0.15) is 5.56 Å². The molecule has 11 rings (SSSR count). The van der Waals surface area contributed by atoms with Gasteiger partial charge >= 0.3 is 0 Å². The molecule has 0 saturated heterocycles. The van der Waals surface area contributed by atoms with Crippen molar-refractivity contribution >= 4 is 49.3 Å². The van der Waals surface area contributed by atoms with Crippen LogP contribution in [0, 0.1) is 17.9 Å². The number of aromatic nitrogens is 2. The van der Waals surface area contributed by atoms with E-state index in [1.807, 2.05) is 24.3 Å². The zero-order valence-corrected chi connectivity index (χ0v) is 32.4. The molecule has 11 aromatic rings. The average molecular weight is 763 g/mol. The van der Waals surface area contributed by atoms with Crippen molar-refractivity contribution in [1.29, 1.82) is 5.26 Å². The van der Waals surface area contributed by atoms with Gasteiger partial charge in [0.25, 0.3) is 0 Å². The molecule has 278 valence electrons. The van der Waals surface area contributed by atoms with Crippen molar-refractivity contribution in [3.63, 3.8) is 0 Å². The van der Waals surface area contributed by atoms with Crippen LogP contribution >= 0.6 is 0 Å². The molecule has 0 radical (unpaired) electrons. The Balaban J connectivity index is 1.20. The van der Waals surface area contributed by atoms with E-state index in [0.717, 1.165) is 99.5 Å². The molecule has 4 nitrogen and oxygen atoms in total. The lowest BCUT2D eigenvalue weighted by Gasteiger charge is -2.16. The lowest BCUT2D eigenvalue weighted by atomic mass is 10.0. The van der Waals surface area contributed by atoms with Crippen LogP contribution < -0.4 is 0 Å². The molecule has 4 heteroatoms. The van der Waals surface area contributed by atoms with Crippen molar-refractivity contribution < 1.29 is 0 Å². The Labute approximate surface area is 347 Å². The highest BCUT2D eigenvalue weighted by atomic mass is 15.0. The molecule has 9 aromatic carbocycles. The van der Waals surface area contributed by atoms with Gasteiger partial charge in [0, 0.05) is 21.5 Å². The Morgan fingerprint density at radius 2 is 0.667 bits per heavy atom. The highest BCUT2D eigenvalue weighted by Gasteiger charge is 2.22. The van der Waals surface area contributed by atoms with Gasteiger partial charge in [-0.25, -0.2) is 4.85 Å². The number of nitrogens with zero attached hydrogens (tertiary/aromatic N) is 4. The minimum absolute atomic E-state index is 0.409. The fourth-order valence-corrected chi connectivity index (χ4v) is 8.92. The van der Waals surface area contributed by atoms with Crippen molar-refractivity contribution in [3.8, 4) is 62.0 Å². The third-order valence-electron chi connectivity index (χ3n) is 11.8. The third kappa shape index (κ3) is 5.67. The second kappa shape index (κ2) is 14.2. The Morgan fingerprint density at radius 3 is 0.967 bits per heavy atom. The molecule has 0 aliphatic heterocycles. The lowest BCUT2D eigenvalue weighted by Crippen LogP contribution is -2.02. The maximum Gasteiger partial charge on any atom is 0.212 e. The van der Waals surface area contributed by atoms with Gasteiger partial charge in [-0.1, -0.05) is 146 Å². The van der Waals surface area contributed by atoms with Gasteiger partial charge in [0.1, 0.15) is 0 Å². The smallest absolute Gasteiger partial charge is 0.212 e. The van der Waals surface area contributed by atoms with Crippen molar-refractivity contribution in [2.75, 3.05) is 0 Å². The topological polar surface area (TPSA) is 38.0 Å². The van der Waals surface area contributed by atoms with Crippen LogP contribution in [-0.2, 0) is 0 Å². The summed E-state index contributed by atoms with van der Waals surface area (Å²) >= 11 is 0. The summed E-state index contributed by atoms with van der Waals surface area (Å²) in [4.78, 5) is 4.09. The summed E-state index contributed by atoms with van der Waals surface area (Å²) in [6, 6.07) is 74.4. The van der Waals surface area contributed by atoms with Gasteiger partial charge < -0.3 is 9.13 Å². The van der Waals surface area contributed by atoms with Crippen LogP contribution in [-0.4, -0.2) is 9.13 Å². The first-order chi connectivity index (χ1) is 29.7. The van der Waals surface area contributed by atoms with Crippen molar-refractivity contribution in [3.05, 3.63) is 223 Å². The fourth-order valence-electron chi connectivity index (χ4n) is 8.92. The molecule has 0 atom stereocenters. The standard InChI is InChI=1S/C56H34N4/c1-58-50-34-45(36-57)55(59-51-26-22-41(37-14-6-2-7-15-37)30-46(51)47-31-42(23-27-52(47)59)38-16-8-3-9-17-38)35-56(50)60-53-28-24-43(39-18-10-4-11-19-39)32-48(53)49-33-44(25-29-54(49)60)40-20-12-5-13-21-40/h2-35H. The number of benzene rings is 9. The van der Waals surface area contributed by atoms with E-state index in [-0.39, 0.29) is 0 Å². The average Bonchev–Trinajstić information content (AvgIpc) is 3.83. The first kappa shape index (κ1) is 34.8. The van der Waals surface area contributed by atoms with E-state index in [1.165, 1.54) is 0 Å². The van der Waals surface area contributed by atoms with Crippen molar-refractivity contribution in [2.24, 2.45) is 0 Å². The Bertz CT molecular complexity index is 3100. The van der Waals surface area contributed by atoms with E-state index in [0.29, 0.717) is 11.3 Å². The van der Waals surface area contributed by atoms with Crippen LogP contribution in [0.2, 0.25) is 0 Å². The van der Waals surface area contributed by atoms with E-state index < -0.39 is 0 Å². The summed E-state index contributed by atoms with van der Waals surface area (Å²) in [7, 11) is 0. The first-order valence-electron chi connectivity index (χ1n) is 20.0. The highest BCUT2D eigenvalue weighted by Crippen LogP contribution is 2.43. The maximum absolute atomic E-state index is 10.8. The molecule has 0 bridgehead atoms. The lowest BCUT2D eigenvalue weighted by molar-refractivity contribution is 1.13. The Morgan fingerprint density at radius 1 is 0.350 bits per heavy atom. The molecule has 2 heterocycles. The quantitative estimate of drug-likeness (QED) is 0.155. The van der Waals surface area contributed by atoms with Crippen LogP contribution in [0.15, 0.2) is 206 Å². The SMILES string of the molecule is [C-]#[N+]c1cc(C#N)c(-n2c3ccc(-c4ccccc4)cc3c3cc(-c4ccccc4)ccc32)cc1-n1c2ccc(-c3ccccc3)cc2c2cc(-c3ccccc3)ccc21. The third-order valence-corrected chi connectivity index (χ3v) is 11.8. The molecule has 0 saturated carbocycles. The minimum Gasteiger partial charge on any atom is -0.319 e. The first-order valence-corrected chi connectivity index (χ1v) is 20.0. The van der Waals surface area contributed by atoms with Gasteiger partial charge in [-0.15, -0.1) is 0 Å². The summed E-state index contributed by atoms with van der Waals surface area (Å²) in [5.74, 6) is 0. The molecule has 0 aliphatic rings. The number of nitriles is 1.